The Kier molecular flexibility index (Phi) is 3.12. The molecule has 1 atom stereocenters. The Labute approximate surface area is 118 Å². The summed E-state index contributed by atoms with van der Waals surface area (Å²) in [4.78, 5) is 0. The smallest absolute Gasteiger partial charge is 0.134 e. The number of benzene rings is 2. The number of hydrogen-bond acceptors (Lipinski definition) is 2. The SMILES string of the molecule is NC(c1ccc(F)cc1)c1cc2cc(Br)ccc2o1. The molecule has 0 spiro atoms. The summed E-state index contributed by atoms with van der Waals surface area (Å²) in [6.07, 6.45) is 0. The van der Waals surface area contributed by atoms with Crippen LogP contribution in [0.1, 0.15) is 17.4 Å². The lowest BCUT2D eigenvalue weighted by atomic mass is 10.1. The summed E-state index contributed by atoms with van der Waals surface area (Å²) in [6.45, 7) is 0. The summed E-state index contributed by atoms with van der Waals surface area (Å²) in [7, 11) is 0. The molecule has 19 heavy (non-hydrogen) atoms. The van der Waals surface area contributed by atoms with Crippen LogP contribution in [0.3, 0.4) is 0 Å². The van der Waals surface area contributed by atoms with Crippen molar-refractivity contribution < 1.29 is 8.81 Å². The van der Waals surface area contributed by atoms with Gasteiger partial charge in [-0.05, 0) is 42.0 Å². The van der Waals surface area contributed by atoms with E-state index in [4.69, 9.17) is 10.2 Å². The number of rotatable bonds is 2. The van der Waals surface area contributed by atoms with E-state index in [1.54, 1.807) is 12.1 Å². The van der Waals surface area contributed by atoms with Gasteiger partial charge in [-0.2, -0.15) is 0 Å². The van der Waals surface area contributed by atoms with Crippen molar-refractivity contribution in [3.63, 3.8) is 0 Å². The van der Waals surface area contributed by atoms with Gasteiger partial charge in [-0.1, -0.05) is 28.1 Å². The van der Waals surface area contributed by atoms with Gasteiger partial charge in [0.15, 0.2) is 0 Å². The van der Waals surface area contributed by atoms with Crippen LogP contribution in [0.2, 0.25) is 0 Å². The van der Waals surface area contributed by atoms with E-state index >= 15 is 0 Å². The Morgan fingerprint density at radius 1 is 1.05 bits per heavy atom. The van der Waals surface area contributed by atoms with Crippen LogP contribution < -0.4 is 5.73 Å². The zero-order valence-electron chi connectivity index (χ0n) is 9.94. The standard InChI is InChI=1S/C15H11BrFNO/c16-11-3-6-13-10(7-11)8-14(19-13)15(18)9-1-4-12(17)5-2-9/h1-8,15H,18H2. The zero-order chi connectivity index (χ0) is 13.4. The van der Waals surface area contributed by atoms with Gasteiger partial charge >= 0.3 is 0 Å². The van der Waals surface area contributed by atoms with Crippen LogP contribution in [-0.2, 0) is 0 Å². The van der Waals surface area contributed by atoms with E-state index < -0.39 is 6.04 Å². The molecule has 0 saturated carbocycles. The van der Waals surface area contributed by atoms with E-state index in [1.165, 1.54) is 12.1 Å². The minimum absolute atomic E-state index is 0.274. The molecule has 96 valence electrons. The van der Waals surface area contributed by atoms with Crippen molar-refractivity contribution >= 4 is 26.9 Å². The van der Waals surface area contributed by atoms with E-state index in [2.05, 4.69) is 15.9 Å². The topological polar surface area (TPSA) is 39.2 Å². The quantitative estimate of drug-likeness (QED) is 0.761. The van der Waals surface area contributed by atoms with Crippen LogP contribution in [0.5, 0.6) is 0 Å². The lowest BCUT2D eigenvalue weighted by Crippen LogP contribution is -2.10. The van der Waals surface area contributed by atoms with E-state index in [1.807, 2.05) is 24.3 Å². The molecular weight excluding hydrogens is 309 g/mol. The first-order chi connectivity index (χ1) is 9.13. The van der Waals surface area contributed by atoms with Crippen molar-refractivity contribution in [3.05, 3.63) is 70.1 Å². The minimum Gasteiger partial charge on any atom is -0.459 e. The monoisotopic (exact) mass is 319 g/mol. The maximum absolute atomic E-state index is 12.9. The summed E-state index contributed by atoms with van der Waals surface area (Å²) in [5, 5.41) is 0.988. The van der Waals surface area contributed by atoms with Gasteiger partial charge < -0.3 is 10.2 Å². The van der Waals surface area contributed by atoms with Gasteiger partial charge in [-0.15, -0.1) is 0 Å². The third-order valence-corrected chi connectivity index (χ3v) is 3.53. The number of furan rings is 1. The van der Waals surface area contributed by atoms with Crippen LogP contribution >= 0.6 is 15.9 Å². The lowest BCUT2D eigenvalue weighted by molar-refractivity contribution is 0.524. The summed E-state index contributed by atoms with van der Waals surface area (Å²) < 4.78 is 19.6. The van der Waals surface area contributed by atoms with Crippen molar-refractivity contribution in [2.45, 2.75) is 6.04 Å². The second-order valence-corrected chi connectivity index (χ2v) is 5.28. The highest BCUT2D eigenvalue weighted by Gasteiger charge is 2.14. The first-order valence-corrected chi connectivity index (χ1v) is 6.63. The average molecular weight is 320 g/mol. The van der Waals surface area contributed by atoms with E-state index in [0.717, 1.165) is 21.0 Å². The predicted molar refractivity (Wildman–Crippen MR) is 76.3 cm³/mol. The van der Waals surface area contributed by atoms with Crippen LogP contribution in [0.25, 0.3) is 11.0 Å². The van der Waals surface area contributed by atoms with Crippen molar-refractivity contribution in [1.82, 2.24) is 0 Å². The summed E-state index contributed by atoms with van der Waals surface area (Å²) in [5.74, 6) is 0.393. The maximum atomic E-state index is 12.9. The molecule has 0 bridgehead atoms. The fraction of sp³-hybridized carbons (Fsp3) is 0.0667. The minimum atomic E-state index is -0.397. The zero-order valence-corrected chi connectivity index (χ0v) is 11.5. The first kappa shape index (κ1) is 12.4. The lowest BCUT2D eigenvalue weighted by Gasteiger charge is -2.08. The highest BCUT2D eigenvalue weighted by atomic mass is 79.9. The van der Waals surface area contributed by atoms with E-state index in [-0.39, 0.29) is 5.82 Å². The highest BCUT2D eigenvalue weighted by molar-refractivity contribution is 9.10. The second-order valence-electron chi connectivity index (χ2n) is 4.36. The largest absolute Gasteiger partial charge is 0.459 e. The molecule has 0 aliphatic carbocycles. The fourth-order valence-corrected chi connectivity index (χ4v) is 2.40. The van der Waals surface area contributed by atoms with Gasteiger partial charge in [-0.3, -0.25) is 0 Å². The molecule has 0 radical (unpaired) electrons. The van der Waals surface area contributed by atoms with Crippen LogP contribution in [-0.4, -0.2) is 0 Å². The first-order valence-electron chi connectivity index (χ1n) is 5.83. The van der Waals surface area contributed by atoms with Gasteiger partial charge in [0.05, 0.1) is 6.04 Å². The van der Waals surface area contributed by atoms with Gasteiger partial charge in [0, 0.05) is 9.86 Å². The predicted octanol–water partition coefficient (Wildman–Crippen LogP) is 4.38. The number of halogens is 2. The Morgan fingerprint density at radius 2 is 1.79 bits per heavy atom. The fourth-order valence-electron chi connectivity index (χ4n) is 2.02. The molecule has 3 rings (SSSR count). The van der Waals surface area contributed by atoms with Crippen molar-refractivity contribution in [1.29, 1.82) is 0 Å². The molecule has 0 amide bonds. The molecule has 4 heteroatoms. The summed E-state index contributed by atoms with van der Waals surface area (Å²) in [6, 6.07) is 13.4. The van der Waals surface area contributed by atoms with Crippen molar-refractivity contribution in [2.24, 2.45) is 5.73 Å². The number of nitrogens with two attached hydrogens (primary N) is 1. The molecule has 0 saturated heterocycles. The highest BCUT2D eigenvalue weighted by Crippen LogP contribution is 2.28. The van der Waals surface area contributed by atoms with Gasteiger partial charge in [0.1, 0.15) is 17.2 Å². The van der Waals surface area contributed by atoms with Crippen molar-refractivity contribution in [3.8, 4) is 0 Å². The molecule has 2 aromatic carbocycles. The van der Waals surface area contributed by atoms with Crippen LogP contribution in [0, 0.1) is 5.82 Å². The molecule has 2 nitrogen and oxygen atoms in total. The molecular formula is C15H11BrFNO. The molecule has 1 heterocycles. The summed E-state index contributed by atoms with van der Waals surface area (Å²) >= 11 is 3.42. The van der Waals surface area contributed by atoms with Gasteiger partial charge in [0.2, 0.25) is 0 Å². The Balaban J connectivity index is 2.01. The summed E-state index contributed by atoms with van der Waals surface area (Å²) in [5.41, 5.74) is 7.75. The molecule has 0 aliphatic rings. The second kappa shape index (κ2) is 4.79. The van der Waals surface area contributed by atoms with Crippen molar-refractivity contribution in [2.75, 3.05) is 0 Å². The van der Waals surface area contributed by atoms with Gasteiger partial charge in [0.25, 0.3) is 0 Å². The number of fused-ring (bicyclic) bond motifs is 1. The Hall–Kier alpha value is -1.65. The Bertz CT molecular complexity index is 721. The Morgan fingerprint density at radius 3 is 2.53 bits per heavy atom. The third-order valence-electron chi connectivity index (χ3n) is 3.03. The average Bonchev–Trinajstić information content (AvgIpc) is 2.81. The van der Waals surface area contributed by atoms with Crippen LogP contribution in [0.4, 0.5) is 4.39 Å². The molecule has 1 unspecified atom stereocenters. The molecule has 2 N–H and O–H groups in total. The number of hydrogen-bond donors (Lipinski definition) is 1. The third kappa shape index (κ3) is 2.41. The molecule has 3 aromatic rings. The molecule has 1 aromatic heterocycles. The van der Waals surface area contributed by atoms with Crippen LogP contribution in [0.15, 0.2) is 57.4 Å². The molecule has 0 aliphatic heterocycles. The van der Waals surface area contributed by atoms with E-state index in [0.29, 0.717) is 5.76 Å². The van der Waals surface area contributed by atoms with Gasteiger partial charge in [-0.25, -0.2) is 4.39 Å². The normalized spacial score (nSPS) is 12.8. The maximum Gasteiger partial charge on any atom is 0.134 e. The van der Waals surface area contributed by atoms with E-state index in [9.17, 15) is 4.39 Å². The molecule has 0 fully saturated rings.